The van der Waals surface area contributed by atoms with Gasteiger partial charge >= 0.3 is 5.97 Å². The maximum Gasteiger partial charge on any atom is 0.303 e. The summed E-state index contributed by atoms with van der Waals surface area (Å²) in [5, 5.41) is 11.0. The van der Waals surface area contributed by atoms with Gasteiger partial charge in [-0.1, -0.05) is 27.7 Å². The summed E-state index contributed by atoms with van der Waals surface area (Å²) in [5.74, 6) is 3.09. The molecule has 5 saturated carbocycles. The second-order valence-corrected chi connectivity index (χ2v) is 19.5. The molecule has 9 heteroatoms. The Labute approximate surface area is 301 Å². The van der Waals surface area contributed by atoms with Gasteiger partial charge in [0.1, 0.15) is 0 Å². The van der Waals surface area contributed by atoms with Gasteiger partial charge in [-0.2, -0.15) is 0 Å². The van der Waals surface area contributed by atoms with Crippen LogP contribution in [0.4, 0.5) is 0 Å². The summed E-state index contributed by atoms with van der Waals surface area (Å²) >= 11 is 0. The number of carbonyl (C=O) groups is 1. The van der Waals surface area contributed by atoms with Crippen molar-refractivity contribution >= 4 is 5.97 Å². The number of hydrogen-bond donors (Lipinski definition) is 1. The summed E-state index contributed by atoms with van der Waals surface area (Å²) < 4.78 is 31.5. The lowest BCUT2D eigenvalue weighted by Gasteiger charge is -2.60. The molecule has 0 bridgehead atoms. The zero-order chi connectivity index (χ0) is 35.3. The first-order valence-corrected chi connectivity index (χ1v) is 20.6. The molecule has 3 saturated heterocycles. The second kappa shape index (κ2) is 12.9. The van der Waals surface area contributed by atoms with E-state index >= 15 is 0 Å². The van der Waals surface area contributed by atoms with Gasteiger partial charge in [0.05, 0.1) is 43.7 Å². The first-order valence-electron chi connectivity index (χ1n) is 20.6. The molecule has 6 unspecified atom stereocenters. The highest BCUT2D eigenvalue weighted by molar-refractivity contribution is 5.66. The number of ether oxygens (including phenoxy) is 5. The van der Waals surface area contributed by atoms with Gasteiger partial charge < -0.3 is 28.8 Å². The van der Waals surface area contributed by atoms with E-state index in [9.17, 15) is 9.90 Å². The summed E-state index contributed by atoms with van der Waals surface area (Å²) in [6.45, 7) is 23.8. The highest BCUT2D eigenvalue weighted by atomic mass is 16.7. The van der Waals surface area contributed by atoms with E-state index in [1.54, 1.807) is 13.8 Å². The third-order valence-electron chi connectivity index (χ3n) is 16.8. The van der Waals surface area contributed by atoms with Crippen LogP contribution in [0, 0.1) is 51.2 Å². The SMILES string of the molecule is CC(=O)O[C@@H]([C@H]1CCC2C(CC3[C@@H]4CCC5C(C)(C)[C@@H](OC6CN(CCN7CCOCC7)CCO6)CCC56[C@@H](C)[C@@]46CC[C@]23C)O1)C(C)(C)O. The van der Waals surface area contributed by atoms with E-state index in [-0.39, 0.29) is 36.0 Å². The number of nitrogens with zero attached hydrogens (tertiary/aromatic N) is 2. The molecule has 13 atom stereocenters. The van der Waals surface area contributed by atoms with Crippen molar-refractivity contribution in [1.29, 1.82) is 0 Å². The average molecular weight is 701 g/mol. The number of rotatable bonds is 8. The monoisotopic (exact) mass is 701 g/mol. The Balaban J connectivity index is 0.939. The zero-order valence-corrected chi connectivity index (χ0v) is 32.3. The second-order valence-electron chi connectivity index (χ2n) is 19.5. The van der Waals surface area contributed by atoms with E-state index in [4.69, 9.17) is 23.7 Å². The van der Waals surface area contributed by atoms with Crippen LogP contribution >= 0.6 is 0 Å². The molecule has 2 spiro atoms. The Morgan fingerprint density at radius 1 is 0.900 bits per heavy atom. The van der Waals surface area contributed by atoms with Crippen LogP contribution in [0.2, 0.25) is 0 Å². The van der Waals surface area contributed by atoms with Gasteiger partial charge in [-0.05, 0) is 123 Å². The van der Waals surface area contributed by atoms with Crippen molar-refractivity contribution in [1.82, 2.24) is 9.80 Å². The van der Waals surface area contributed by atoms with Gasteiger partial charge in [0, 0.05) is 46.2 Å². The molecule has 8 aliphatic rings. The van der Waals surface area contributed by atoms with Crippen LogP contribution in [0.25, 0.3) is 0 Å². The van der Waals surface area contributed by atoms with E-state index in [0.29, 0.717) is 34.0 Å². The minimum Gasteiger partial charge on any atom is -0.457 e. The van der Waals surface area contributed by atoms with Gasteiger partial charge in [0.15, 0.2) is 12.4 Å². The lowest BCUT2D eigenvalue weighted by Crippen LogP contribution is -2.56. The van der Waals surface area contributed by atoms with E-state index in [1.807, 2.05) is 0 Å². The van der Waals surface area contributed by atoms with Crippen LogP contribution in [0.3, 0.4) is 0 Å². The van der Waals surface area contributed by atoms with Gasteiger partial charge in [0.2, 0.25) is 0 Å². The van der Waals surface area contributed by atoms with Gasteiger partial charge in [0.25, 0.3) is 0 Å². The summed E-state index contributed by atoms with van der Waals surface area (Å²) in [5.41, 5.74) is 0.147. The standard InChI is InChI=1S/C41H68N2O7/c1-26-40-15-14-39(7)29-8-10-31(36(38(5,6)45)48-27(2)44)49-32(29)24-30(39)28(40)9-11-33-37(3,4)34(12-13-41(26,33)40)50-35-25-43(20-23-47-35)17-16-42-18-21-46-22-19-42/h26,28-36,45H,8-25H2,1-7H3/t26-,28-,29?,30?,31+,32?,33?,34-,35?,36-,39+,40-,41?/m0/s1. The molecule has 3 aliphatic heterocycles. The normalized spacial score (nSPS) is 48.0. The quantitative estimate of drug-likeness (QED) is 0.329. The third-order valence-corrected chi connectivity index (χ3v) is 16.8. The number of carbonyl (C=O) groups excluding carboxylic acids is 1. The van der Waals surface area contributed by atoms with Crippen LogP contribution in [0.5, 0.6) is 0 Å². The van der Waals surface area contributed by atoms with Crippen LogP contribution < -0.4 is 0 Å². The highest BCUT2D eigenvalue weighted by Gasteiger charge is 2.84. The average Bonchev–Trinajstić information content (AvgIpc) is 3.45. The first-order chi connectivity index (χ1) is 23.7. The Morgan fingerprint density at radius 3 is 2.36 bits per heavy atom. The molecule has 50 heavy (non-hydrogen) atoms. The molecule has 8 rings (SSSR count). The number of fused-ring (bicyclic) bond motifs is 4. The number of aliphatic hydroxyl groups is 1. The molecule has 8 fully saturated rings. The third kappa shape index (κ3) is 5.59. The first kappa shape index (κ1) is 36.2. The van der Waals surface area contributed by atoms with E-state index in [1.165, 1.54) is 39.0 Å². The maximum atomic E-state index is 12.0. The Kier molecular flexibility index (Phi) is 9.34. The minimum atomic E-state index is -1.14. The van der Waals surface area contributed by atoms with Crippen molar-refractivity contribution < 1.29 is 33.6 Å². The zero-order valence-electron chi connectivity index (χ0n) is 32.3. The van der Waals surface area contributed by atoms with Crippen molar-refractivity contribution in [3.8, 4) is 0 Å². The molecule has 5 aliphatic carbocycles. The summed E-state index contributed by atoms with van der Waals surface area (Å²) in [4.78, 5) is 17.1. The van der Waals surface area contributed by atoms with Crippen molar-refractivity contribution in [2.75, 3.05) is 59.1 Å². The topological polar surface area (TPSA) is 89.9 Å². The smallest absolute Gasteiger partial charge is 0.303 e. The Hall–Kier alpha value is -0.810. The van der Waals surface area contributed by atoms with Crippen molar-refractivity contribution in [3.05, 3.63) is 0 Å². The molecule has 0 radical (unpaired) electrons. The molecule has 0 aromatic rings. The Morgan fingerprint density at radius 2 is 1.62 bits per heavy atom. The van der Waals surface area contributed by atoms with Crippen molar-refractivity contribution in [2.45, 2.75) is 143 Å². The summed E-state index contributed by atoms with van der Waals surface area (Å²) in [6.07, 6.45) is 10.2. The molecule has 0 aromatic carbocycles. The summed E-state index contributed by atoms with van der Waals surface area (Å²) in [7, 11) is 0. The number of hydrogen-bond acceptors (Lipinski definition) is 9. The molecular formula is C41H68N2O7. The molecule has 0 aromatic heterocycles. The summed E-state index contributed by atoms with van der Waals surface area (Å²) in [6, 6.07) is 0. The molecular weight excluding hydrogens is 632 g/mol. The van der Waals surface area contributed by atoms with E-state index in [2.05, 4.69) is 37.5 Å². The van der Waals surface area contributed by atoms with Crippen molar-refractivity contribution in [2.24, 2.45) is 51.2 Å². The van der Waals surface area contributed by atoms with Gasteiger partial charge in [-0.15, -0.1) is 0 Å². The minimum absolute atomic E-state index is 0.115. The van der Waals surface area contributed by atoms with Crippen LogP contribution in [0.1, 0.15) is 106 Å². The number of morpholine rings is 2. The van der Waals surface area contributed by atoms with Crippen LogP contribution in [-0.2, 0) is 28.5 Å². The van der Waals surface area contributed by atoms with Crippen LogP contribution in [-0.4, -0.2) is 116 Å². The van der Waals surface area contributed by atoms with Gasteiger partial charge in [-0.25, -0.2) is 0 Å². The fourth-order valence-corrected chi connectivity index (χ4v) is 14.6. The largest absolute Gasteiger partial charge is 0.457 e. The molecule has 1 N–H and O–H groups in total. The lowest BCUT2D eigenvalue weighted by molar-refractivity contribution is -0.245. The predicted octanol–water partition coefficient (Wildman–Crippen LogP) is 5.52. The predicted molar refractivity (Wildman–Crippen MR) is 190 cm³/mol. The molecule has 9 nitrogen and oxygen atoms in total. The lowest BCUT2D eigenvalue weighted by atomic mass is 9.46. The highest BCUT2D eigenvalue weighted by Crippen LogP contribution is 2.89. The van der Waals surface area contributed by atoms with Crippen LogP contribution in [0.15, 0.2) is 0 Å². The fourth-order valence-electron chi connectivity index (χ4n) is 14.6. The van der Waals surface area contributed by atoms with E-state index in [0.717, 1.165) is 96.6 Å². The fraction of sp³-hybridized carbons (Fsp3) is 0.976. The van der Waals surface area contributed by atoms with E-state index < -0.39 is 11.7 Å². The Bertz CT molecular complexity index is 1270. The number of esters is 1. The maximum absolute atomic E-state index is 12.0. The molecule has 284 valence electrons. The van der Waals surface area contributed by atoms with Gasteiger partial charge in [-0.3, -0.25) is 14.6 Å². The molecule has 0 amide bonds. The molecule has 3 heterocycles. The van der Waals surface area contributed by atoms with Crippen molar-refractivity contribution in [3.63, 3.8) is 0 Å².